The zero-order valence-electron chi connectivity index (χ0n) is 19.1. The lowest BCUT2D eigenvalue weighted by Gasteiger charge is -2.11. The maximum Gasteiger partial charge on any atom is 0.263 e. The molecule has 10 heteroatoms. The van der Waals surface area contributed by atoms with Gasteiger partial charge in [0.15, 0.2) is 16.7 Å². The molecule has 3 aromatic carbocycles. The molecule has 5 aromatic rings. The quantitative estimate of drug-likeness (QED) is 0.343. The summed E-state index contributed by atoms with van der Waals surface area (Å²) in [6.07, 6.45) is 0. The number of thioether (sulfide) groups is 1. The predicted octanol–water partition coefficient (Wildman–Crippen LogP) is 3.23. The summed E-state index contributed by atoms with van der Waals surface area (Å²) < 4.78 is 14.2. The molecule has 0 bridgehead atoms. The molecule has 0 unspecified atom stereocenters. The molecule has 1 amide bonds. The summed E-state index contributed by atoms with van der Waals surface area (Å²) in [4.78, 5) is 25.9. The normalized spacial score (nSPS) is 12.3. The first-order chi connectivity index (χ1) is 17.7. The monoisotopic (exact) mass is 499 g/mol. The molecule has 3 heterocycles. The van der Waals surface area contributed by atoms with Crippen molar-refractivity contribution in [3.8, 4) is 11.5 Å². The van der Waals surface area contributed by atoms with Crippen molar-refractivity contribution in [1.82, 2.24) is 24.5 Å². The number of amides is 1. The number of carbonyl (C=O) groups is 1. The maximum atomic E-state index is 13.3. The van der Waals surface area contributed by atoms with Crippen molar-refractivity contribution >= 4 is 34.3 Å². The molecule has 0 saturated heterocycles. The highest BCUT2D eigenvalue weighted by atomic mass is 32.2. The molecule has 0 atom stereocenters. The number of carbonyl (C=O) groups excluding carboxylic acids is 1. The number of hydrogen-bond donors (Lipinski definition) is 1. The largest absolute Gasteiger partial charge is 0.454 e. The standard InChI is InChI=1S/C26H21N5O4S/c32-23(27-13-18-10-11-21-22(12-18)35-16-34-21)15-36-26-29-28-25-30(14-17-6-2-1-3-7-17)24(33)19-8-4-5-9-20(19)31(25)26/h1-12H,13-16H2,(H,27,32). The molecule has 1 aliphatic heterocycles. The summed E-state index contributed by atoms with van der Waals surface area (Å²) in [6, 6.07) is 22.7. The zero-order chi connectivity index (χ0) is 24.5. The lowest BCUT2D eigenvalue weighted by molar-refractivity contribution is -0.118. The van der Waals surface area contributed by atoms with E-state index in [1.165, 1.54) is 11.8 Å². The molecule has 6 rings (SSSR count). The predicted molar refractivity (Wildman–Crippen MR) is 135 cm³/mol. The van der Waals surface area contributed by atoms with Crippen LogP contribution in [0.3, 0.4) is 0 Å². The van der Waals surface area contributed by atoms with Crippen LogP contribution in [0.5, 0.6) is 11.5 Å². The van der Waals surface area contributed by atoms with Crippen LogP contribution in [0, 0.1) is 0 Å². The number of rotatable bonds is 7. The second-order valence-electron chi connectivity index (χ2n) is 8.27. The van der Waals surface area contributed by atoms with E-state index in [9.17, 15) is 9.59 Å². The molecule has 2 aromatic heterocycles. The van der Waals surface area contributed by atoms with Crippen LogP contribution < -0.4 is 20.3 Å². The van der Waals surface area contributed by atoms with Crippen molar-refractivity contribution in [2.24, 2.45) is 0 Å². The van der Waals surface area contributed by atoms with E-state index in [-0.39, 0.29) is 24.0 Å². The first kappa shape index (κ1) is 22.2. The van der Waals surface area contributed by atoms with Gasteiger partial charge >= 0.3 is 0 Å². The van der Waals surface area contributed by atoms with E-state index < -0.39 is 0 Å². The average Bonchev–Trinajstić information content (AvgIpc) is 3.56. The van der Waals surface area contributed by atoms with Crippen molar-refractivity contribution < 1.29 is 14.3 Å². The number of aromatic nitrogens is 4. The van der Waals surface area contributed by atoms with E-state index in [1.54, 1.807) is 10.6 Å². The Labute approximate surface area is 209 Å². The van der Waals surface area contributed by atoms with Crippen LogP contribution in [-0.4, -0.2) is 37.6 Å². The minimum absolute atomic E-state index is 0.132. The fourth-order valence-electron chi connectivity index (χ4n) is 4.17. The van der Waals surface area contributed by atoms with Crippen molar-refractivity contribution in [2.75, 3.05) is 12.5 Å². The van der Waals surface area contributed by atoms with E-state index in [4.69, 9.17) is 9.47 Å². The van der Waals surface area contributed by atoms with Crippen molar-refractivity contribution in [2.45, 2.75) is 18.2 Å². The molecule has 0 saturated carbocycles. The van der Waals surface area contributed by atoms with Gasteiger partial charge in [-0.15, -0.1) is 10.2 Å². The van der Waals surface area contributed by atoms with E-state index in [1.807, 2.05) is 71.1 Å². The van der Waals surface area contributed by atoms with Crippen LogP contribution in [0.15, 0.2) is 82.7 Å². The lowest BCUT2D eigenvalue weighted by Crippen LogP contribution is -2.25. The van der Waals surface area contributed by atoms with E-state index in [0.29, 0.717) is 46.4 Å². The Kier molecular flexibility index (Phi) is 5.78. The molecule has 1 aliphatic rings. The molecule has 9 nitrogen and oxygen atoms in total. The third-order valence-electron chi connectivity index (χ3n) is 5.92. The average molecular weight is 500 g/mol. The number of nitrogens with one attached hydrogen (secondary N) is 1. The van der Waals surface area contributed by atoms with Crippen LogP contribution >= 0.6 is 11.8 Å². The fraction of sp³-hybridized carbons (Fsp3) is 0.154. The number of ether oxygens (including phenoxy) is 2. The number of para-hydroxylation sites is 1. The van der Waals surface area contributed by atoms with Crippen molar-refractivity contribution in [1.29, 1.82) is 0 Å². The van der Waals surface area contributed by atoms with Crippen molar-refractivity contribution in [3.63, 3.8) is 0 Å². The fourth-order valence-corrected chi connectivity index (χ4v) is 4.94. The molecule has 0 spiro atoms. The van der Waals surface area contributed by atoms with Gasteiger partial charge in [0.1, 0.15) is 0 Å². The van der Waals surface area contributed by atoms with Crippen LogP contribution in [0.4, 0.5) is 0 Å². The molecule has 1 N–H and O–H groups in total. The lowest BCUT2D eigenvalue weighted by atomic mass is 10.2. The van der Waals surface area contributed by atoms with Crippen LogP contribution in [0.25, 0.3) is 16.7 Å². The second-order valence-corrected chi connectivity index (χ2v) is 9.21. The third-order valence-corrected chi connectivity index (χ3v) is 6.85. The smallest absolute Gasteiger partial charge is 0.263 e. The minimum Gasteiger partial charge on any atom is -0.454 e. The summed E-state index contributed by atoms with van der Waals surface area (Å²) in [6.45, 7) is 0.949. The number of fused-ring (bicyclic) bond motifs is 4. The van der Waals surface area contributed by atoms with Crippen molar-refractivity contribution in [3.05, 3.63) is 94.3 Å². The Morgan fingerprint density at radius 1 is 0.944 bits per heavy atom. The highest BCUT2D eigenvalue weighted by molar-refractivity contribution is 7.99. The summed E-state index contributed by atoms with van der Waals surface area (Å²) >= 11 is 1.27. The first-order valence-electron chi connectivity index (χ1n) is 11.4. The SMILES string of the molecule is O=C(CSc1nnc2n(Cc3ccccc3)c(=O)c3ccccc3n12)NCc1ccc2c(c1)OCO2. The summed E-state index contributed by atoms with van der Waals surface area (Å²) in [7, 11) is 0. The van der Waals surface area contributed by atoms with Gasteiger partial charge in [0.2, 0.25) is 18.5 Å². The van der Waals surface area contributed by atoms with Gasteiger partial charge in [-0.05, 0) is 35.4 Å². The maximum absolute atomic E-state index is 13.3. The van der Waals surface area contributed by atoms with Crippen LogP contribution in [0.1, 0.15) is 11.1 Å². The minimum atomic E-state index is -0.142. The summed E-state index contributed by atoms with van der Waals surface area (Å²) in [5, 5.41) is 12.7. The van der Waals surface area contributed by atoms with Gasteiger partial charge in [0, 0.05) is 6.54 Å². The highest BCUT2D eigenvalue weighted by Crippen LogP contribution is 2.32. The molecular formula is C26H21N5O4S. The van der Waals surface area contributed by atoms with E-state index in [2.05, 4.69) is 15.5 Å². The Bertz CT molecular complexity index is 1650. The van der Waals surface area contributed by atoms with Gasteiger partial charge in [0.05, 0.1) is 23.2 Å². The molecule has 36 heavy (non-hydrogen) atoms. The Morgan fingerprint density at radius 2 is 1.75 bits per heavy atom. The second kappa shape index (κ2) is 9.38. The molecule has 0 radical (unpaired) electrons. The van der Waals surface area contributed by atoms with Gasteiger partial charge in [0.25, 0.3) is 5.56 Å². The van der Waals surface area contributed by atoms with Gasteiger partial charge in [-0.3, -0.25) is 18.6 Å². The van der Waals surface area contributed by atoms with Gasteiger partial charge in [-0.1, -0.05) is 60.3 Å². The molecular weight excluding hydrogens is 478 g/mol. The van der Waals surface area contributed by atoms with Gasteiger partial charge < -0.3 is 14.8 Å². The number of nitrogens with zero attached hydrogens (tertiary/aromatic N) is 4. The zero-order valence-corrected chi connectivity index (χ0v) is 19.9. The van der Waals surface area contributed by atoms with E-state index >= 15 is 0 Å². The Hall–Kier alpha value is -4.31. The summed E-state index contributed by atoms with van der Waals surface area (Å²) in [5.41, 5.74) is 2.47. The Morgan fingerprint density at radius 3 is 2.64 bits per heavy atom. The number of benzene rings is 3. The van der Waals surface area contributed by atoms with Crippen LogP contribution in [-0.2, 0) is 17.9 Å². The van der Waals surface area contributed by atoms with Gasteiger partial charge in [-0.25, -0.2) is 0 Å². The topological polar surface area (TPSA) is 99.8 Å². The van der Waals surface area contributed by atoms with E-state index in [0.717, 1.165) is 11.1 Å². The Balaban J connectivity index is 1.24. The number of hydrogen-bond acceptors (Lipinski definition) is 7. The molecule has 180 valence electrons. The van der Waals surface area contributed by atoms with Gasteiger partial charge in [-0.2, -0.15) is 0 Å². The third kappa shape index (κ3) is 4.16. The molecule has 0 aliphatic carbocycles. The molecule has 0 fully saturated rings. The summed E-state index contributed by atoms with van der Waals surface area (Å²) in [5.74, 6) is 1.83. The van der Waals surface area contributed by atoms with Crippen LogP contribution in [0.2, 0.25) is 0 Å². The first-order valence-corrected chi connectivity index (χ1v) is 12.3. The highest BCUT2D eigenvalue weighted by Gasteiger charge is 2.18.